The van der Waals surface area contributed by atoms with E-state index in [1.54, 1.807) is 0 Å². The molecule has 98 valence electrons. The zero-order chi connectivity index (χ0) is 12.8. The maximum atomic E-state index is 9.84. The molecule has 0 aliphatic heterocycles. The molecule has 1 aliphatic carbocycles. The predicted octanol–water partition coefficient (Wildman–Crippen LogP) is 3.66. The van der Waals surface area contributed by atoms with Crippen molar-refractivity contribution in [3.8, 4) is 0 Å². The molecule has 1 atom stereocenters. The first-order chi connectivity index (χ1) is 8.75. The summed E-state index contributed by atoms with van der Waals surface area (Å²) in [5.41, 5.74) is 2.36. The molecule has 1 saturated carbocycles. The van der Waals surface area contributed by atoms with E-state index in [1.807, 2.05) is 36.4 Å². The average molecular weight is 246 g/mol. The van der Waals surface area contributed by atoms with Gasteiger partial charge in [0.2, 0.25) is 0 Å². The molecule has 2 heteroatoms. The second kappa shape index (κ2) is 6.72. The van der Waals surface area contributed by atoms with Crippen LogP contribution in [0.25, 0.3) is 0 Å². The van der Waals surface area contributed by atoms with Crippen LogP contribution in [-0.4, -0.2) is 11.4 Å². The molecule has 1 aromatic rings. The Kier molecular flexibility index (Phi) is 4.97. The fourth-order valence-corrected chi connectivity index (χ4v) is 2.55. The van der Waals surface area contributed by atoms with Gasteiger partial charge >= 0.3 is 0 Å². The number of benzene rings is 1. The highest BCUT2D eigenvalue weighted by Crippen LogP contribution is 2.30. The number of rotatable bonds is 5. The minimum absolute atomic E-state index is 0.455. The lowest BCUT2D eigenvalue weighted by molar-refractivity contribution is -0.0740. The molecule has 2 nitrogen and oxygen atoms in total. The molecular weight excluding hydrogens is 224 g/mol. The second-order valence-electron chi connectivity index (χ2n) is 5.08. The largest absolute Gasteiger partial charge is 0.365 e. The molecule has 0 heterocycles. The van der Waals surface area contributed by atoms with Crippen molar-refractivity contribution in [3.63, 3.8) is 0 Å². The van der Waals surface area contributed by atoms with Crippen LogP contribution >= 0.6 is 0 Å². The number of aliphatic hydroxyl groups excluding tert-OH is 1. The van der Waals surface area contributed by atoms with Gasteiger partial charge in [-0.25, -0.2) is 0 Å². The third-order valence-corrected chi connectivity index (χ3v) is 3.67. The Hall–Kier alpha value is -1.12. The molecule has 0 aromatic heterocycles. The van der Waals surface area contributed by atoms with E-state index in [0.29, 0.717) is 12.5 Å². The summed E-state index contributed by atoms with van der Waals surface area (Å²) in [4.78, 5) is 0. The fraction of sp³-hybridized carbons (Fsp3) is 0.500. The topological polar surface area (TPSA) is 29.5 Å². The van der Waals surface area contributed by atoms with Gasteiger partial charge in [-0.15, -0.1) is 0 Å². The number of ether oxygens (including phenoxy) is 1. The second-order valence-corrected chi connectivity index (χ2v) is 5.08. The normalized spacial score (nSPS) is 19.1. The molecule has 0 amide bonds. The van der Waals surface area contributed by atoms with Crippen molar-refractivity contribution in [2.24, 2.45) is 5.92 Å². The van der Waals surface area contributed by atoms with Gasteiger partial charge in [0.05, 0.1) is 6.61 Å². The molecule has 1 fully saturated rings. The van der Waals surface area contributed by atoms with E-state index in [4.69, 9.17) is 4.74 Å². The minimum atomic E-state index is -0.786. The van der Waals surface area contributed by atoms with Crippen LogP contribution in [0.2, 0.25) is 0 Å². The van der Waals surface area contributed by atoms with E-state index in [2.05, 4.69) is 6.92 Å². The average Bonchev–Trinajstić information content (AvgIpc) is 2.91. The lowest BCUT2D eigenvalue weighted by atomic mass is 9.99. The molecule has 1 N–H and O–H groups in total. The zero-order valence-electron chi connectivity index (χ0n) is 11.0. The van der Waals surface area contributed by atoms with Crippen LogP contribution in [-0.2, 0) is 11.3 Å². The molecular formula is C16H22O2. The maximum Gasteiger partial charge on any atom is 0.174 e. The Morgan fingerprint density at radius 2 is 2.00 bits per heavy atom. The van der Waals surface area contributed by atoms with Crippen LogP contribution in [0.5, 0.6) is 0 Å². The van der Waals surface area contributed by atoms with Crippen molar-refractivity contribution >= 4 is 0 Å². The van der Waals surface area contributed by atoms with Gasteiger partial charge < -0.3 is 9.84 Å². The first-order valence-corrected chi connectivity index (χ1v) is 6.77. The Morgan fingerprint density at radius 1 is 1.33 bits per heavy atom. The van der Waals surface area contributed by atoms with E-state index in [-0.39, 0.29) is 0 Å². The van der Waals surface area contributed by atoms with Gasteiger partial charge in [0.15, 0.2) is 6.29 Å². The van der Waals surface area contributed by atoms with Crippen molar-refractivity contribution in [2.75, 3.05) is 0 Å². The van der Waals surface area contributed by atoms with Gasteiger partial charge in [-0.3, -0.25) is 0 Å². The quantitative estimate of drug-likeness (QED) is 0.634. The lowest BCUT2D eigenvalue weighted by Gasteiger charge is -2.13. The van der Waals surface area contributed by atoms with Gasteiger partial charge in [0.1, 0.15) is 0 Å². The monoisotopic (exact) mass is 246 g/mol. The van der Waals surface area contributed by atoms with Gasteiger partial charge in [-0.1, -0.05) is 48.7 Å². The summed E-state index contributed by atoms with van der Waals surface area (Å²) >= 11 is 0. The van der Waals surface area contributed by atoms with E-state index < -0.39 is 6.29 Å². The first kappa shape index (κ1) is 13.3. The summed E-state index contributed by atoms with van der Waals surface area (Å²) in [6, 6.07) is 9.93. The molecule has 18 heavy (non-hydrogen) atoms. The number of aliphatic hydroxyl groups is 1. The van der Waals surface area contributed by atoms with Crippen molar-refractivity contribution in [1.29, 1.82) is 0 Å². The van der Waals surface area contributed by atoms with Crippen LogP contribution in [0.3, 0.4) is 0 Å². The SMILES string of the molecule is C/C(=C\C(O)OCc1ccccc1)C1CCCC1. The molecule has 2 rings (SSSR count). The molecule has 0 spiro atoms. The summed E-state index contributed by atoms with van der Waals surface area (Å²) in [6.07, 6.45) is 6.22. The summed E-state index contributed by atoms with van der Waals surface area (Å²) in [5.74, 6) is 0.653. The van der Waals surface area contributed by atoms with Crippen LogP contribution in [0.15, 0.2) is 42.0 Å². The predicted molar refractivity (Wildman–Crippen MR) is 73.0 cm³/mol. The van der Waals surface area contributed by atoms with Gasteiger partial charge in [0.25, 0.3) is 0 Å². The number of hydrogen-bond acceptors (Lipinski definition) is 2. The molecule has 1 aromatic carbocycles. The summed E-state index contributed by atoms with van der Waals surface area (Å²) in [5, 5.41) is 9.84. The standard InChI is InChI=1S/C16H22O2/c1-13(15-9-5-6-10-15)11-16(17)18-12-14-7-3-2-4-8-14/h2-4,7-8,11,15-17H,5-6,9-10,12H2,1H3/b13-11+. The van der Waals surface area contributed by atoms with Crippen molar-refractivity contribution in [2.45, 2.75) is 45.5 Å². The van der Waals surface area contributed by atoms with Crippen molar-refractivity contribution in [1.82, 2.24) is 0 Å². The van der Waals surface area contributed by atoms with E-state index in [9.17, 15) is 5.11 Å². The third kappa shape index (κ3) is 3.97. The van der Waals surface area contributed by atoms with Crippen LogP contribution < -0.4 is 0 Å². The minimum Gasteiger partial charge on any atom is -0.365 e. The zero-order valence-corrected chi connectivity index (χ0v) is 11.0. The summed E-state index contributed by atoms with van der Waals surface area (Å²) in [6.45, 7) is 2.56. The Labute approximate surface area is 109 Å². The van der Waals surface area contributed by atoms with Crippen LogP contribution in [0, 0.1) is 5.92 Å². The number of allylic oxidation sites excluding steroid dienone is 1. The van der Waals surface area contributed by atoms with Crippen molar-refractivity contribution in [3.05, 3.63) is 47.5 Å². The summed E-state index contributed by atoms with van der Waals surface area (Å²) in [7, 11) is 0. The molecule has 1 aliphatic rings. The first-order valence-electron chi connectivity index (χ1n) is 6.77. The lowest BCUT2D eigenvalue weighted by Crippen LogP contribution is -2.10. The highest BCUT2D eigenvalue weighted by Gasteiger charge is 2.17. The number of hydrogen-bond donors (Lipinski definition) is 1. The van der Waals surface area contributed by atoms with Gasteiger partial charge in [-0.2, -0.15) is 0 Å². The van der Waals surface area contributed by atoms with Crippen LogP contribution in [0.4, 0.5) is 0 Å². The maximum absolute atomic E-state index is 9.84. The summed E-state index contributed by atoms with van der Waals surface area (Å²) < 4.78 is 5.44. The Bertz CT molecular complexity index is 377. The molecule has 0 radical (unpaired) electrons. The Morgan fingerprint density at radius 3 is 2.67 bits per heavy atom. The molecule has 0 bridgehead atoms. The Balaban J connectivity index is 1.80. The van der Waals surface area contributed by atoms with Gasteiger partial charge in [-0.05, 0) is 37.3 Å². The molecule has 1 unspecified atom stereocenters. The third-order valence-electron chi connectivity index (χ3n) is 3.67. The fourth-order valence-electron chi connectivity index (χ4n) is 2.55. The van der Waals surface area contributed by atoms with Gasteiger partial charge in [0, 0.05) is 0 Å². The van der Waals surface area contributed by atoms with E-state index >= 15 is 0 Å². The smallest absolute Gasteiger partial charge is 0.174 e. The van der Waals surface area contributed by atoms with E-state index in [0.717, 1.165) is 5.56 Å². The highest BCUT2D eigenvalue weighted by atomic mass is 16.6. The van der Waals surface area contributed by atoms with E-state index in [1.165, 1.54) is 31.3 Å². The molecule has 0 saturated heterocycles. The van der Waals surface area contributed by atoms with Crippen molar-refractivity contribution < 1.29 is 9.84 Å². The highest BCUT2D eigenvalue weighted by molar-refractivity contribution is 5.13. The van der Waals surface area contributed by atoms with Crippen LogP contribution in [0.1, 0.15) is 38.2 Å².